The molecule has 1 amide bonds. The summed E-state index contributed by atoms with van der Waals surface area (Å²) in [4.78, 5) is 22.5. The number of nitrogens with zero attached hydrogens (tertiary/aromatic N) is 1. The molecule has 0 bridgehead atoms. The molecule has 0 saturated carbocycles. The molecule has 0 aliphatic carbocycles. The number of amides is 1. The molecule has 0 aliphatic rings. The molecule has 0 fully saturated rings. The monoisotopic (exact) mass is 286 g/mol. The highest BCUT2D eigenvalue weighted by Crippen LogP contribution is 2.25. The van der Waals surface area contributed by atoms with Crippen molar-refractivity contribution >= 4 is 23.0 Å². The van der Waals surface area contributed by atoms with E-state index < -0.39 is 10.8 Å². The maximum absolute atomic E-state index is 12.2. The van der Waals surface area contributed by atoms with E-state index in [-0.39, 0.29) is 16.9 Å². The zero-order chi connectivity index (χ0) is 15.4. The number of nitro groups is 1. The Labute approximate surface area is 120 Å². The minimum absolute atomic E-state index is 0.146. The van der Waals surface area contributed by atoms with Gasteiger partial charge in [-0.3, -0.25) is 20.8 Å². The van der Waals surface area contributed by atoms with Crippen molar-refractivity contribution in [3.05, 3.63) is 63.7 Å². The molecule has 0 unspecified atom stereocenters. The number of anilines is 2. The Morgan fingerprint density at radius 1 is 1.19 bits per heavy atom. The van der Waals surface area contributed by atoms with Crippen LogP contribution in [0.4, 0.5) is 17.1 Å². The fourth-order valence-corrected chi connectivity index (χ4v) is 1.85. The summed E-state index contributed by atoms with van der Waals surface area (Å²) in [5.74, 6) is 4.78. The van der Waals surface area contributed by atoms with E-state index in [0.717, 1.165) is 5.56 Å². The molecule has 7 nitrogen and oxygen atoms in total. The van der Waals surface area contributed by atoms with Crippen molar-refractivity contribution in [3.63, 3.8) is 0 Å². The number of benzene rings is 2. The number of hydrazine groups is 1. The Bertz CT molecular complexity index is 700. The van der Waals surface area contributed by atoms with Crippen molar-refractivity contribution in [2.75, 3.05) is 10.7 Å². The predicted molar refractivity (Wildman–Crippen MR) is 80.0 cm³/mol. The van der Waals surface area contributed by atoms with E-state index in [1.807, 2.05) is 19.1 Å². The van der Waals surface area contributed by atoms with Gasteiger partial charge in [-0.1, -0.05) is 18.2 Å². The van der Waals surface area contributed by atoms with Gasteiger partial charge in [-0.05, 0) is 30.7 Å². The SMILES string of the molecule is Cc1ccccc1NC(=O)c1ccc(NN)c([N+](=O)[O-])c1. The second-order valence-electron chi connectivity index (χ2n) is 4.40. The Morgan fingerprint density at radius 2 is 1.90 bits per heavy atom. The van der Waals surface area contributed by atoms with Gasteiger partial charge in [-0.15, -0.1) is 0 Å². The lowest BCUT2D eigenvalue weighted by atomic mass is 10.1. The van der Waals surface area contributed by atoms with Gasteiger partial charge in [0.05, 0.1) is 4.92 Å². The van der Waals surface area contributed by atoms with Crippen LogP contribution >= 0.6 is 0 Å². The quantitative estimate of drug-likeness (QED) is 0.454. The van der Waals surface area contributed by atoms with Crippen LogP contribution in [0.3, 0.4) is 0 Å². The number of hydrogen-bond donors (Lipinski definition) is 3. The fourth-order valence-electron chi connectivity index (χ4n) is 1.85. The average Bonchev–Trinajstić information content (AvgIpc) is 2.48. The Morgan fingerprint density at radius 3 is 2.52 bits per heavy atom. The first-order chi connectivity index (χ1) is 10.0. The van der Waals surface area contributed by atoms with Crippen molar-refractivity contribution in [2.24, 2.45) is 5.84 Å². The van der Waals surface area contributed by atoms with Crippen LogP contribution in [0.15, 0.2) is 42.5 Å². The van der Waals surface area contributed by atoms with Crippen molar-refractivity contribution in [1.82, 2.24) is 0 Å². The van der Waals surface area contributed by atoms with Crippen molar-refractivity contribution in [3.8, 4) is 0 Å². The van der Waals surface area contributed by atoms with Crippen LogP contribution < -0.4 is 16.6 Å². The fraction of sp³-hybridized carbons (Fsp3) is 0.0714. The lowest BCUT2D eigenvalue weighted by Crippen LogP contribution is -2.14. The molecule has 2 rings (SSSR count). The maximum atomic E-state index is 12.2. The molecule has 0 heterocycles. The third kappa shape index (κ3) is 3.15. The van der Waals surface area contributed by atoms with Crippen LogP contribution in [0.5, 0.6) is 0 Å². The minimum Gasteiger partial charge on any atom is -0.322 e. The zero-order valence-electron chi connectivity index (χ0n) is 11.3. The summed E-state index contributed by atoms with van der Waals surface area (Å²) in [6.07, 6.45) is 0. The first-order valence-corrected chi connectivity index (χ1v) is 6.15. The largest absolute Gasteiger partial charge is 0.322 e. The van der Waals surface area contributed by atoms with Gasteiger partial charge in [-0.2, -0.15) is 0 Å². The smallest absolute Gasteiger partial charge is 0.294 e. The van der Waals surface area contributed by atoms with E-state index in [1.54, 1.807) is 12.1 Å². The van der Waals surface area contributed by atoms with Crippen molar-refractivity contribution in [1.29, 1.82) is 0 Å². The summed E-state index contributed by atoms with van der Waals surface area (Å²) in [6.45, 7) is 1.86. The van der Waals surface area contributed by atoms with Gasteiger partial charge >= 0.3 is 0 Å². The van der Waals surface area contributed by atoms with Gasteiger partial charge in [0.15, 0.2) is 0 Å². The van der Waals surface area contributed by atoms with E-state index in [2.05, 4.69) is 10.7 Å². The molecule has 108 valence electrons. The third-order valence-electron chi connectivity index (χ3n) is 3.01. The number of nitro benzene ring substituents is 1. The molecule has 2 aromatic carbocycles. The highest BCUT2D eigenvalue weighted by Gasteiger charge is 2.17. The van der Waals surface area contributed by atoms with Gasteiger partial charge in [0.1, 0.15) is 5.69 Å². The predicted octanol–water partition coefficient (Wildman–Crippen LogP) is 2.44. The molecule has 7 heteroatoms. The topological polar surface area (TPSA) is 110 Å². The molecule has 2 aromatic rings. The Balaban J connectivity index is 2.30. The van der Waals surface area contributed by atoms with Gasteiger partial charge < -0.3 is 10.7 Å². The number of carbonyl (C=O) groups excluding carboxylic acids is 1. The lowest BCUT2D eigenvalue weighted by molar-refractivity contribution is -0.384. The molecular formula is C14H14N4O3. The summed E-state index contributed by atoms with van der Waals surface area (Å²) in [7, 11) is 0. The molecule has 0 aliphatic heterocycles. The molecule has 21 heavy (non-hydrogen) atoms. The normalized spacial score (nSPS) is 10.0. The van der Waals surface area contributed by atoms with Crippen LogP contribution in [0.25, 0.3) is 0 Å². The van der Waals surface area contributed by atoms with E-state index in [9.17, 15) is 14.9 Å². The number of aryl methyl sites for hydroxylation is 1. The number of nitrogens with two attached hydrogens (primary N) is 1. The van der Waals surface area contributed by atoms with E-state index in [0.29, 0.717) is 5.69 Å². The molecule has 0 spiro atoms. The van der Waals surface area contributed by atoms with Gasteiger partial charge in [-0.25, -0.2) is 0 Å². The van der Waals surface area contributed by atoms with Gasteiger partial charge in [0, 0.05) is 17.3 Å². The number of carbonyl (C=O) groups is 1. The molecule has 0 aromatic heterocycles. The second kappa shape index (κ2) is 6.02. The highest BCUT2D eigenvalue weighted by atomic mass is 16.6. The number of para-hydroxylation sites is 1. The summed E-state index contributed by atoms with van der Waals surface area (Å²) >= 11 is 0. The minimum atomic E-state index is -0.597. The van der Waals surface area contributed by atoms with Gasteiger partial charge in [0.25, 0.3) is 11.6 Å². The Hall–Kier alpha value is -2.93. The number of hydrogen-bond acceptors (Lipinski definition) is 5. The zero-order valence-corrected chi connectivity index (χ0v) is 11.3. The van der Waals surface area contributed by atoms with Crippen LogP contribution in [-0.4, -0.2) is 10.8 Å². The van der Waals surface area contributed by atoms with Crippen molar-refractivity contribution < 1.29 is 9.72 Å². The number of nitrogen functional groups attached to an aromatic ring is 1. The van der Waals surface area contributed by atoms with Crippen LogP contribution in [0, 0.1) is 17.0 Å². The number of nitrogens with one attached hydrogen (secondary N) is 2. The summed E-state index contributed by atoms with van der Waals surface area (Å²) in [5.41, 5.74) is 3.87. The molecular weight excluding hydrogens is 272 g/mol. The molecule has 4 N–H and O–H groups in total. The van der Waals surface area contributed by atoms with Gasteiger partial charge in [0.2, 0.25) is 0 Å². The standard InChI is InChI=1S/C14H14N4O3/c1-9-4-2-3-5-11(9)16-14(19)10-6-7-12(17-15)13(8-10)18(20)21/h2-8,17H,15H2,1H3,(H,16,19). The van der Waals surface area contributed by atoms with E-state index >= 15 is 0 Å². The lowest BCUT2D eigenvalue weighted by Gasteiger charge is -2.09. The molecule has 0 radical (unpaired) electrons. The molecule has 0 saturated heterocycles. The summed E-state index contributed by atoms with van der Waals surface area (Å²) in [6, 6.07) is 11.3. The maximum Gasteiger partial charge on any atom is 0.294 e. The van der Waals surface area contributed by atoms with E-state index in [4.69, 9.17) is 5.84 Å². The third-order valence-corrected chi connectivity index (χ3v) is 3.01. The van der Waals surface area contributed by atoms with Crippen LogP contribution in [0.2, 0.25) is 0 Å². The summed E-state index contributed by atoms with van der Waals surface area (Å²) in [5, 5.41) is 13.7. The summed E-state index contributed by atoms with van der Waals surface area (Å²) < 4.78 is 0. The first kappa shape index (κ1) is 14.5. The van der Waals surface area contributed by atoms with Crippen LogP contribution in [-0.2, 0) is 0 Å². The Kier molecular flexibility index (Phi) is 4.15. The average molecular weight is 286 g/mol. The second-order valence-corrected chi connectivity index (χ2v) is 4.40. The first-order valence-electron chi connectivity index (χ1n) is 6.15. The highest BCUT2D eigenvalue weighted by molar-refractivity contribution is 6.05. The van der Waals surface area contributed by atoms with Crippen LogP contribution in [0.1, 0.15) is 15.9 Å². The van der Waals surface area contributed by atoms with Crippen molar-refractivity contribution in [2.45, 2.75) is 6.92 Å². The number of rotatable bonds is 4. The van der Waals surface area contributed by atoms with E-state index in [1.165, 1.54) is 18.2 Å². The molecule has 0 atom stereocenters.